The lowest BCUT2D eigenvalue weighted by Gasteiger charge is -2.22. The van der Waals surface area contributed by atoms with Crippen LogP contribution in [-0.2, 0) is 9.47 Å². The largest absolute Gasteiger partial charge is 0.385 e. The maximum absolute atomic E-state index is 13.0. The third kappa shape index (κ3) is 6.12. The average Bonchev–Trinajstić information content (AvgIpc) is 2.65. The lowest BCUT2D eigenvalue weighted by Crippen LogP contribution is -2.36. The van der Waals surface area contributed by atoms with Crippen molar-refractivity contribution in [3.8, 4) is 0 Å². The van der Waals surface area contributed by atoms with Crippen LogP contribution in [0.1, 0.15) is 16.9 Å². The van der Waals surface area contributed by atoms with Gasteiger partial charge in [0, 0.05) is 51.2 Å². The first-order valence-corrected chi connectivity index (χ1v) is 8.89. The van der Waals surface area contributed by atoms with Gasteiger partial charge in [-0.1, -0.05) is 30.0 Å². The van der Waals surface area contributed by atoms with E-state index in [1.807, 2.05) is 30.3 Å². The Kier molecular flexibility index (Phi) is 8.38. The zero-order valence-electron chi connectivity index (χ0n) is 14.6. The molecule has 7 heteroatoms. The number of hydrogen-bond acceptors (Lipinski definition) is 6. The first-order chi connectivity index (χ1) is 12.3. The van der Waals surface area contributed by atoms with Crippen molar-refractivity contribution in [2.75, 3.05) is 40.5 Å². The molecule has 0 N–H and O–H groups in total. The van der Waals surface area contributed by atoms with Gasteiger partial charge >= 0.3 is 0 Å². The molecule has 0 bridgehead atoms. The van der Waals surface area contributed by atoms with Crippen molar-refractivity contribution in [1.29, 1.82) is 0 Å². The predicted octanol–water partition coefficient (Wildman–Crippen LogP) is 2.75. The van der Waals surface area contributed by atoms with Crippen molar-refractivity contribution in [1.82, 2.24) is 14.9 Å². The molecule has 2 aromatic rings. The van der Waals surface area contributed by atoms with E-state index in [0.717, 1.165) is 11.3 Å². The van der Waals surface area contributed by atoms with E-state index in [-0.39, 0.29) is 5.91 Å². The number of ether oxygens (including phenoxy) is 2. The van der Waals surface area contributed by atoms with Crippen molar-refractivity contribution < 1.29 is 14.3 Å². The molecule has 2 rings (SSSR count). The molecule has 0 spiro atoms. The highest BCUT2D eigenvalue weighted by molar-refractivity contribution is 7.99. The Hall–Kier alpha value is -1.96. The summed E-state index contributed by atoms with van der Waals surface area (Å²) in [4.78, 5) is 24.4. The molecule has 0 atom stereocenters. The number of aromatic nitrogens is 2. The van der Waals surface area contributed by atoms with Crippen molar-refractivity contribution in [3.63, 3.8) is 0 Å². The summed E-state index contributed by atoms with van der Waals surface area (Å²) < 4.78 is 10.2. The van der Waals surface area contributed by atoms with Gasteiger partial charge in [0.1, 0.15) is 5.03 Å². The maximum atomic E-state index is 13.0. The van der Waals surface area contributed by atoms with E-state index in [4.69, 9.17) is 9.47 Å². The normalized spacial score (nSPS) is 10.6. The fraction of sp³-hybridized carbons (Fsp3) is 0.389. The molecule has 0 saturated carbocycles. The molecule has 0 aliphatic rings. The van der Waals surface area contributed by atoms with Gasteiger partial charge in [0.2, 0.25) is 0 Å². The van der Waals surface area contributed by atoms with Crippen LogP contribution in [0.3, 0.4) is 0 Å². The number of amides is 1. The number of hydrogen-bond donors (Lipinski definition) is 0. The van der Waals surface area contributed by atoms with Crippen molar-refractivity contribution in [3.05, 3.63) is 48.4 Å². The fourth-order valence-corrected chi connectivity index (χ4v) is 3.08. The molecule has 0 aliphatic carbocycles. The SMILES string of the molecule is COCCCN(CCOC)C(=O)c1nccnc1Sc1ccccc1. The zero-order valence-corrected chi connectivity index (χ0v) is 15.4. The molecule has 1 aromatic heterocycles. The fourth-order valence-electron chi connectivity index (χ4n) is 2.21. The Bertz CT molecular complexity index is 655. The van der Waals surface area contributed by atoms with Crippen LogP contribution in [0, 0.1) is 0 Å². The van der Waals surface area contributed by atoms with Gasteiger partial charge in [-0.3, -0.25) is 4.79 Å². The Morgan fingerprint density at radius 1 is 1.04 bits per heavy atom. The monoisotopic (exact) mass is 361 g/mol. The maximum Gasteiger partial charge on any atom is 0.275 e. The highest BCUT2D eigenvalue weighted by Gasteiger charge is 2.21. The first kappa shape index (κ1) is 19.4. The Labute approximate surface area is 152 Å². The Morgan fingerprint density at radius 3 is 2.48 bits per heavy atom. The number of carbonyl (C=O) groups excluding carboxylic acids is 1. The molecule has 1 aromatic carbocycles. The topological polar surface area (TPSA) is 64.6 Å². The summed E-state index contributed by atoms with van der Waals surface area (Å²) in [6.45, 7) is 2.16. The molecule has 6 nitrogen and oxygen atoms in total. The number of carbonyl (C=O) groups is 1. The van der Waals surface area contributed by atoms with Gasteiger partial charge < -0.3 is 14.4 Å². The minimum atomic E-state index is -0.139. The second kappa shape index (κ2) is 10.8. The summed E-state index contributed by atoms with van der Waals surface area (Å²) in [7, 11) is 3.27. The van der Waals surface area contributed by atoms with Crippen LogP contribution in [0.25, 0.3) is 0 Å². The molecular formula is C18H23N3O3S. The molecule has 0 aliphatic heterocycles. The van der Waals surface area contributed by atoms with Crippen LogP contribution in [0.2, 0.25) is 0 Å². The van der Waals surface area contributed by atoms with Crippen LogP contribution in [0.4, 0.5) is 0 Å². The Morgan fingerprint density at radius 2 is 1.76 bits per heavy atom. The lowest BCUT2D eigenvalue weighted by atomic mass is 10.3. The smallest absolute Gasteiger partial charge is 0.275 e. The molecule has 0 saturated heterocycles. The summed E-state index contributed by atoms with van der Waals surface area (Å²) >= 11 is 1.44. The second-order valence-electron chi connectivity index (χ2n) is 5.26. The van der Waals surface area contributed by atoms with E-state index in [1.165, 1.54) is 11.8 Å². The van der Waals surface area contributed by atoms with E-state index >= 15 is 0 Å². The molecule has 1 heterocycles. The highest BCUT2D eigenvalue weighted by atomic mass is 32.2. The van der Waals surface area contributed by atoms with Gasteiger partial charge in [0.05, 0.1) is 6.61 Å². The summed E-state index contributed by atoms with van der Waals surface area (Å²) in [6.07, 6.45) is 3.91. The highest BCUT2D eigenvalue weighted by Crippen LogP contribution is 2.28. The number of methoxy groups -OCH3 is 2. The van der Waals surface area contributed by atoms with Crippen LogP contribution < -0.4 is 0 Å². The molecule has 0 radical (unpaired) electrons. The summed E-state index contributed by atoms with van der Waals surface area (Å²) in [5.74, 6) is -0.139. The Balaban J connectivity index is 2.17. The molecule has 0 unspecified atom stereocenters. The predicted molar refractivity (Wildman–Crippen MR) is 96.9 cm³/mol. The standard InChI is InChI=1S/C18H23N3O3S/c1-23-13-6-11-21(12-14-24-2)18(22)16-17(20-10-9-19-16)25-15-7-4-3-5-8-15/h3-5,7-10H,6,11-14H2,1-2H3. The summed E-state index contributed by atoms with van der Waals surface area (Å²) in [5, 5.41) is 0.604. The second-order valence-corrected chi connectivity index (χ2v) is 6.32. The van der Waals surface area contributed by atoms with E-state index in [0.29, 0.717) is 37.0 Å². The van der Waals surface area contributed by atoms with Gasteiger partial charge in [-0.25, -0.2) is 9.97 Å². The van der Waals surface area contributed by atoms with Crippen LogP contribution >= 0.6 is 11.8 Å². The van der Waals surface area contributed by atoms with Gasteiger partial charge in [-0.2, -0.15) is 0 Å². The van der Waals surface area contributed by atoms with Crippen LogP contribution in [-0.4, -0.2) is 61.3 Å². The minimum Gasteiger partial charge on any atom is -0.385 e. The molecule has 25 heavy (non-hydrogen) atoms. The molecule has 134 valence electrons. The number of nitrogens with zero attached hydrogens (tertiary/aromatic N) is 3. The van der Waals surface area contributed by atoms with Gasteiger partial charge in [-0.15, -0.1) is 0 Å². The average molecular weight is 361 g/mol. The van der Waals surface area contributed by atoms with Crippen molar-refractivity contribution >= 4 is 17.7 Å². The van der Waals surface area contributed by atoms with E-state index in [1.54, 1.807) is 31.5 Å². The first-order valence-electron chi connectivity index (χ1n) is 8.07. The van der Waals surface area contributed by atoms with E-state index in [9.17, 15) is 4.79 Å². The lowest BCUT2D eigenvalue weighted by molar-refractivity contribution is 0.0664. The number of rotatable bonds is 10. The van der Waals surface area contributed by atoms with Crippen LogP contribution in [0.15, 0.2) is 52.6 Å². The quantitative estimate of drug-likeness (QED) is 0.606. The van der Waals surface area contributed by atoms with E-state index < -0.39 is 0 Å². The third-order valence-electron chi connectivity index (χ3n) is 3.45. The van der Waals surface area contributed by atoms with Crippen LogP contribution in [0.5, 0.6) is 0 Å². The van der Waals surface area contributed by atoms with Crippen molar-refractivity contribution in [2.24, 2.45) is 0 Å². The summed E-state index contributed by atoms with van der Waals surface area (Å²) in [6, 6.07) is 9.82. The van der Waals surface area contributed by atoms with Gasteiger partial charge in [0.15, 0.2) is 5.69 Å². The molecule has 1 amide bonds. The zero-order chi connectivity index (χ0) is 17.9. The van der Waals surface area contributed by atoms with Gasteiger partial charge in [0.25, 0.3) is 5.91 Å². The van der Waals surface area contributed by atoms with E-state index in [2.05, 4.69) is 9.97 Å². The van der Waals surface area contributed by atoms with Gasteiger partial charge in [-0.05, 0) is 18.6 Å². The number of benzene rings is 1. The molecular weight excluding hydrogens is 338 g/mol. The van der Waals surface area contributed by atoms with Crippen molar-refractivity contribution in [2.45, 2.75) is 16.3 Å². The minimum absolute atomic E-state index is 0.139. The third-order valence-corrected chi connectivity index (χ3v) is 4.45. The summed E-state index contributed by atoms with van der Waals surface area (Å²) in [5.41, 5.74) is 0.366. The molecule has 0 fully saturated rings.